The third kappa shape index (κ3) is 4.65. The van der Waals surface area contributed by atoms with E-state index in [1.165, 1.54) is 0 Å². The minimum absolute atomic E-state index is 0.0683. The number of anilines is 2. The van der Waals surface area contributed by atoms with Crippen molar-refractivity contribution in [2.75, 3.05) is 17.7 Å². The first-order valence-electron chi connectivity index (χ1n) is 6.44. The SMILES string of the molecule is CCCC(CC(=O)OCC)Nc1ccccc1N. The number of nitrogens with two attached hydrogens (primary N) is 1. The normalized spacial score (nSPS) is 11.9. The first-order chi connectivity index (χ1) is 8.67. The molecular weight excluding hydrogens is 228 g/mol. The number of benzene rings is 1. The van der Waals surface area contributed by atoms with E-state index in [1.807, 2.05) is 31.2 Å². The first-order valence-corrected chi connectivity index (χ1v) is 6.44. The number of nitrogens with one attached hydrogen (secondary N) is 1. The maximum absolute atomic E-state index is 11.5. The van der Waals surface area contributed by atoms with Crippen molar-refractivity contribution in [1.29, 1.82) is 0 Å². The van der Waals surface area contributed by atoms with Crippen LogP contribution in [0, 0.1) is 0 Å². The molecule has 0 saturated carbocycles. The fraction of sp³-hybridized carbons (Fsp3) is 0.500. The standard InChI is InChI=1S/C14H22N2O2/c1-3-7-11(10-14(17)18-4-2)16-13-9-6-5-8-12(13)15/h5-6,8-9,11,16H,3-4,7,10,15H2,1-2H3. The van der Waals surface area contributed by atoms with E-state index < -0.39 is 0 Å². The minimum Gasteiger partial charge on any atom is -0.466 e. The van der Waals surface area contributed by atoms with Gasteiger partial charge in [0.25, 0.3) is 0 Å². The van der Waals surface area contributed by atoms with Crippen molar-refractivity contribution in [1.82, 2.24) is 0 Å². The lowest BCUT2D eigenvalue weighted by atomic mass is 10.1. The molecule has 100 valence electrons. The van der Waals surface area contributed by atoms with Crippen molar-refractivity contribution in [3.05, 3.63) is 24.3 Å². The molecule has 0 amide bonds. The monoisotopic (exact) mass is 250 g/mol. The maximum Gasteiger partial charge on any atom is 0.307 e. The molecule has 0 fully saturated rings. The van der Waals surface area contributed by atoms with Gasteiger partial charge in [-0.05, 0) is 25.5 Å². The van der Waals surface area contributed by atoms with Crippen LogP contribution in [0.4, 0.5) is 11.4 Å². The molecule has 0 bridgehead atoms. The van der Waals surface area contributed by atoms with Crippen LogP contribution in [0.2, 0.25) is 0 Å². The summed E-state index contributed by atoms with van der Waals surface area (Å²) in [4.78, 5) is 11.5. The van der Waals surface area contributed by atoms with E-state index in [1.54, 1.807) is 0 Å². The Morgan fingerprint density at radius 3 is 2.72 bits per heavy atom. The summed E-state index contributed by atoms with van der Waals surface area (Å²) in [6.07, 6.45) is 2.28. The molecule has 0 spiro atoms. The van der Waals surface area contributed by atoms with Crippen molar-refractivity contribution in [3.63, 3.8) is 0 Å². The average molecular weight is 250 g/mol. The molecule has 1 atom stereocenters. The minimum atomic E-state index is -0.169. The highest BCUT2D eigenvalue weighted by atomic mass is 16.5. The second kappa shape index (κ2) is 7.58. The van der Waals surface area contributed by atoms with Crippen LogP contribution in [0.5, 0.6) is 0 Å². The molecule has 0 aliphatic rings. The molecule has 1 rings (SSSR count). The van der Waals surface area contributed by atoms with Gasteiger partial charge in [-0.15, -0.1) is 0 Å². The van der Waals surface area contributed by atoms with Crippen LogP contribution in [0.1, 0.15) is 33.1 Å². The van der Waals surface area contributed by atoms with Crippen LogP contribution >= 0.6 is 0 Å². The van der Waals surface area contributed by atoms with Gasteiger partial charge in [0.05, 0.1) is 24.4 Å². The molecule has 4 heteroatoms. The van der Waals surface area contributed by atoms with Crippen LogP contribution < -0.4 is 11.1 Å². The van der Waals surface area contributed by atoms with E-state index in [4.69, 9.17) is 10.5 Å². The smallest absolute Gasteiger partial charge is 0.307 e. The summed E-state index contributed by atoms with van der Waals surface area (Å²) in [5.41, 5.74) is 7.45. The molecule has 0 radical (unpaired) electrons. The number of carbonyl (C=O) groups excluding carboxylic acids is 1. The second-order valence-corrected chi connectivity index (χ2v) is 4.23. The molecule has 0 aliphatic carbocycles. The lowest BCUT2D eigenvalue weighted by molar-refractivity contribution is -0.143. The van der Waals surface area contributed by atoms with Gasteiger partial charge in [0, 0.05) is 6.04 Å². The Labute approximate surface area is 109 Å². The molecule has 1 unspecified atom stereocenters. The summed E-state index contributed by atoms with van der Waals surface area (Å²) < 4.78 is 4.98. The number of hydrogen-bond acceptors (Lipinski definition) is 4. The van der Waals surface area contributed by atoms with E-state index in [2.05, 4.69) is 12.2 Å². The van der Waals surface area contributed by atoms with E-state index in [0.717, 1.165) is 18.5 Å². The third-order valence-corrected chi connectivity index (χ3v) is 2.68. The lowest BCUT2D eigenvalue weighted by Gasteiger charge is -2.19. The predicted octanol–water partition coefficient (Wildman–Crippen LogP) is 2.80. The van der Waals surface area contributed by atoms with Gasteiger partial charge in [0.15, 0.2) is 0 Å². The van der Waals surface area contributed by atoms with Gasteiger partial charge in [-0.25, -0.2) is 0 Å². The number of rotatable bonds is 7. The van der Waals surface area contributed by atoms with Gasteiger partial charge in [-0.2, -0.15) is 0 Å². The van der Waals surface area contributed by atoms with E-state index in [0.29, 0.717) is 18.7 Å². The third-order valence-electron chi connectivity index (χ3n) is 2.68. The Morgan fingerprint density at radius 2 is 2.11 bits per heavy atom. The van der Waals surface area contributed by atoms with Gasteiger partial charge in [0.1, 0.15) is 0 Å². The molecular formula is C14H22N2O2. The summed E-state index contributed by atoms with van der Waals surface area (Å²) >= 11 is 0. The van der Waals surface area contributed by atoms with Crippen molar-refractivity contribution in [3.8, 4) is 0 Å². The Morgan fingerprint density at radius 1 is 1.39 bits per heavy atom. The number of carbonyl (C=O) groups is 1. The van der Waals surface area contributed by atoms with Crippen LogP contribution in [0.3, 0.4) is 0 Å². The molecule has 0 saturated heterocycles. The highest BCUT2D eigenvalue weighted by molar-refractivity contribution is 5.72. The van der Waals surface area contributed by atoms with Crippen LogP contribution in [-0.2, 0) is 9.53 Å². The summed E-state index contributed by atoms with van der Waals surface area (Å²) in [7, 11) is 0. The van der Waals surface area contributed by atoms with Crippen LogP contribution in [0.15, 0.2) is 24.3 Å². The van der Waals surface area contributed by atoms with Crippen molar-refractivity contribution in [2.24, 2.45) is 0 Å². The average Bonchev–Trinajstić information content (AvgIpc) is 2.32. The number of para-hydroxylation sites is 2. The van der Waals surface area contributed by atoms with E-state index in [9.17, 15) is 4.79 Å². The molecule has 4 nitrogen and oxygen atoms in total. The van der Waals surface area contributed by atoms with E-state index >= 15 is 0 Å². The Kier molecular flexibility index (Phi) is 6.05. The molecule has 0 aromatic heterocycles. The number of esters is 1. The van der Waals surface area contributed by atoms with Gasteiger partial charge >= 0.3 is 5.97 Å². The predicted molar refractivity (Wildman–Crippen MR) is 74.4 cm³/mol. The van der Waals surface area contributed by atoms with Crippen molar-refractivity contribution in [2.45, 2.75) is 39.2 Å². The maximum atomic E-state index is 11.5. The van der Waals surface area contributed by atoms with Gasteiger partial charge in [-0.1, -0.05) is 25.5 Å². The molecule has 18 heavy (non-hydrogen) atoms. The largest absolute Gasteiger partial charge is 0.466 e. The van der Waals surface area contributed by atoms with Gasteiger partial charge < -0.3 is 15.8 Å². The topological polar surface area (TPSA) is 64.3 Å². The fourth-order valence-electron chi connectivity index (χ4n) is 1.84. The van der Waals surface area contributed by atoms with Crippen LogP contribution in [0.25, 0.3) is 0 Å². The van der Waals surface area contributed by atoms with Gasteiger partial charge in [-0.3, -0.25) is 4.79 Å². The summed E-state index contributed by atoms with van der Waals surface area (Å²) in [5, 5.41) is 3.31. The Hall–Kier alpha value is -1.71. The highest BCUT2D eigenvalue weighted by Crippen LogP contribution is 2.20. The number of hydrogen-bond donors (Lipinski definition) is 2. The zero-order valence-electron chi connectivity index (χ0n) is 11.1. The zero-order chi connectivity index (χ0) is 13.4. The molecule has 0 heterocycles. The number of ether oxygens (including phenoxy) is 1. The van der Waals surface area contributed by atoms with Crippen molar-refractivity contribution >= 4 is 17.3 Å². The summed E-state index contributed by atoms with van der Waals surface area (Å²) in [6, 6.07) is 7.64. The van der Waals surface area contributed by atoms with Crippen LogP contribution in [-0.4, -0.2) is 18.6 Å². The first kappa shape index (κ1) is 14.4. The summed E-state index contributed by atoms with van der Waals surface area (Å²) in [5.74, 6) is -0.169. The molecule has 1 aromatic carbocycles. The Balaban J connectivity index is 2.62. The fourth-order valence-corrected chi connectivity index (χ4v) is 1.84. The zero-order valence-corrected chi connectivity index (χ0v) is 11.1. The molecule has 0 aliphatic heterocycles. The molecule has 1 aromatic rings. The quantitative estimate of drug-likeness (QED) is 0.577. The number of nitrogen functional groups attached to an aromatic ring is 1. The second-order valence-electron chi connectivity index (χ2n) is 4.23. The van der Waals surface area contributed by atoms with Crippen molar-refractivity contribution < 1.29 is 9.53 Å². The van der Waals surface area contributed by atoms with E-state index in [-0.39, 0.29) is 12.0 Å². The highest BCUT2D eigenvalue weighted by Gasteiger charge is 2.14. The summed E-state index contributed by atoms with van der Waals surface area (Å²) in [6.45, 7) is 4.33. The Bertz CT molecular complexity index is 380. The molecule has 3 N–H and O–H groups in total. The van der Waals surface area contributed by atoms with Gasteiger partial charge in [0.2, 0.25) is 0 Å². The lowest BCUT2D eigenvalue weighted by Crippen LogP contribution is -2.24.